The Hall–Kier alpha value is -2.07. The molecule has 0 saturated heterocycles. The average Bonchev–Trinajstić information content (AvgIpc) is 3.11. The normalized spacial score (nSPS) is 21.1. The number of aliphatic hydroxyl groups excluding tert-OH is 1. The first kappa shape index (κ1) is 15.8. The molecule has 3 rings (SSSR count). The highest BCUT2D eigenvalue weighted by molar-refractivity contribution is 5.94. The van der Waals surface area contributed by atoms with Crippen molar-refractivity contribution in [3.8, 4) is 5.69 Å². The molecule has 1 fully saturated rings. The average molecular weight is 312 g/mol. The van der Waals surface area contributed by atoms with Crippen LogP contribution in [-0.2, 0) is 0 Å². The largest absolute Gasteiger partial charge is 0.393 e. The summed E-state index contributed by atoms with van der Waals surface area (Å²) >= 11 is 0. The van der Waals surface area contributed by atoms with Gasteiger partial charge in [0, 0.05) is 43.2 Å². The van der Waals surface area contributed by atoms with Gasteiger partial charge < -0.3 is 14.6 Å². The van der Waals surface area contributed by atoms with E-state index in [1.165, 1.54) is 0 Å². The molecule has 1 heterocycles. The molecule has 23 heavy (non-hydrogen) atoms. The number of aromatic nitrogens is 1. The third-order valence-electron chi connectivity index (χ3n) is 4.74. The van der Waals surface area contributed by atoms with Gasteiger partial charge in [-0.15, -0.1) is 0 Å². The Balaban J connectivity index is 1.65. The second-order valence-corrected chi connectivity index (χ2v) is 6.43. The summed E-state index contributed by atoms with van der Waals surface area (Å²) in [4.78, 5) is 14.3. The van der Waals surface area contributed by atoms with Crippen LogP contribution in [0.3, 0.4) is 0 Å². The second-order valence-electron chi connectivity index (χ2n) is 6.43. The predicted octanol–water partition coefficient (Wildman–Crippen LogP) is 3.10. The van der Waals surface area contributed by atoms with Gasteiger partial charge in [0.25, 0.3) is 5.91 Å². The van der Waals surface area contributed by atoms with E-state index < -0.39 is 0 Å². The van der Waals surface area contributed by atoms with Crippen molar-refractivity contribution in [2.75, 3.05) is 13.6 Å². The first-order valence-electron chi connectivity index (χ1n) is 8.32. The van der Waals surface area contributed by atoms with Crippen LogP contribution in [0, 0.1) is 5.92 Å². The molecule has 0 bridgehead atoms. The minimum absolute atomic E-state index is 0.0156. The maximum absolute atomic E-state index is 12.6. The molecular formula is C19H24N2O2. The number of hydrogen-bond donors (Lipinski definition) is 1. The SMILES string of the molecule is CN(CC1CCCCC1O)C(=O)c1ccc(-n2cccc2)cc1. The minimum atomic E-state index is -0.268. The van der Waals surface area contributed by atoms with Crippen molar-refractivity contribution < 1.29 is 9.90 Å². The van der Waals surface area contributed by atoms with Gasteiger partial charge >= 0.3 is 0 Å². The van der Waals surface area contributed by atoms with E-state index in [9.17, 15) is 9.90 Å². The lowest BCUT2D eigenvalue weighted by atomic mass is 9.86. The van der Waals surface area contributed by atoms with Gasteiger partial charge in [0.2, 0.25) is 0 Å². The third-order valence-corrected chi connectivity index (χ3v) is 4.74. The van der Waals surface area contributed by atoms with Crippen LogP contribution in [0.25, 0.3) is 5.69 Å². The molecule has 0 aliphatic heterocycles. The lowest BCUT2D eigenvalue weighted by molar-refractivity contribution is 0.0451. The fourth-order valence-electron chi connectivity index (χ4n) is 3.34. The number of benzene rings is 1. The molecule has 2 unspecified atom stereocenters. The summed E-state index contributed by atoms with van der Waals surface area (Å²) in [7, 11) is 1.82. The minimum Gasteiger partial charge on any atom is -0.393 e. The van der Waals surface area contributed by atoms with Gasteiger partial charge in [-0.25, -0.2) is 0 Å². The molecule has 0 spiro atoms. The van der Waals surface area contributed by atoms with Gasteiger partial charge in [-0.3, -0.25) is 4.79 Å². The standard InChI is InChI=1S/C19H24N2O2/c1-20(14-16-6-2-3-7-18(16)22)19(23)15-8-10-17(11-9-15)21-12-4-5-13-21/h4-5,8-13,16,18,22H,2-3,6-7,14H2,1H3. The van der Waals surface area contributed by atoms with Crippen molar-refractivity contribution in [1.82, 2.24) is 9.47 Å². The van der Waals surface area contributed by atoms with Crippen molar-refractivity contribution in [3.63, 3.8) is 0 Å². The Morgan fingerprint density at radius 3 is 2.48 bits per heavy atom. The first-order chi connectivity index (χ1) is 11.1. The molecule has 2 aromatic rings. The van der Waals surface area contributed by atoms with Crippen LogP contribution in [-0.4, -0.2) is 40.2 Å². The van der Waals surface area contributed by atoms with Gasteiger partial charge in [0.1, 0.15) is 0 Å². The van der Waals surface area contributed by atoms with Gasteiger partial charge in [0.05, 0.1) is 6.10 Å². The van der Waals surface area contributed by atoms with E-state index in [4.69, 9.17) is 0 Å². The molecule has 122 valence electrons. The predicted molar refractivity (Wildman–Crippen MR) is 90.7 cm³/mol. The van der Waals surface area contributed by atoms with Crippen molar-refractivity contribution in [3.05, 3.63) is 54.4 Å². The van der Waals surface area contributed by atoms with Crippen molar-refractivity contribution in [1.29, 1.82) is 0 Å². The van der Waals surface area contributed by atoms with Gasteiger partial charge in [0.15, 0.2) is 0 Å². The number of aliphatic hydroxyl groups is 1. The Morgan fingerprint density at radius 1 is 1.17 bits per heavy atom. The zero-order chi connectivity index (χ0) is 16.2. The molecule has 1 aromatic heterocycles. The van der Waals surface area contributed by atoms with E-state index in [1.54, 1.807) is 4.90 Å². The zero-order valence-corrected chi connectivity index (χ0v) is 13.6. The highest BCUT2D eigenvalue weighted by atomic mass is 16.3. The first-order valence-corrected chi connectivity index (χ1v) is 8.32. The zero-order valence-electron chi connectivity index (χ0n) is 13.6. The second kappa shape index (κ2) is 7.01. The number of hydrogen-bond acceptors (Lipinski definition) is 2. The third kappa shape index (κ3) is 3.64. The number of rotatable bonds is 4. The molecule has 1 amide bonds. The highest BCUT2D eigenvalue weighted by Crippen LogP contribution is 2.25. The highest BCUT2D eigenvalue weighted by Gasteiger charge is 2.25. The van der Waals surface area contributed by atoms with Crippen molar-refractivity contribution in [2.24, 2.45) is 5.92 Å². The lowest BCUT2D eigenvalue weighted by Gasteiger charge is -2.31. The van der Waals surface area contributed by atoms with E-state index in [0.29, 0.717) is 12.1 Å². The number of amides is 1. The summed E-state index contributed by atoms with van der Waals surface area (Å²) in [5, 5.41) is 10.1. The maximum Gasteiger partial charge on any atom is 0.253 e. The number of nitrogens with zero attached hydrogens (tertiary/aromatic N) is 2. The number of carbonyl (C=O) groups excluding carboxylic acids is 1. The molecule has 4 heteroatoms. The summed E-state index contributed by atoms with van der Waals surface area (Å²) < 4.78 is 2.01. The molecule has 0 radical (unpaired) electrons. The van der Waals surface area contributed by atoms with E-state index in [0.717, 1.165) is 31.4 Å². The fourth-order valence-corrected chi connectivity index (χ4v) is 3.34. The van der Waals surface area contributed by atoms with Gasteiger partial charge in [-0.2, -0.15) is 0 Å². The van der Waals surface area contributed by atoms with Gasteiger partial charge in [-0.05, 0) is 49.2 Å². The molecule has 1 aliphatic rings. The van der Waals surface area contributed by atoms with Crippen LogP contribution in [0.2, 0.25) is 0 Å². The van der Waals surface area contributed by atoms with Crippen LogP contribution in [0.5, 0.6) is 0 Å². The molecule has 1 aliphatic carbocycles. The van der Waals surface area contributed by atoms with E-state index in [2.05, 4.69) is 0 Å². The molecule has 1 saturated carbocycles. The van der Waals surface area contributed by atoms with E-state index in [1.807, 2.05) is 60.4 Å². The van der Waals surface area contributed by atoms with Crippen LogP contribution >= 0.6 is 0 Å². The van der Waals surface area contributed by atoms with Crippen LogP contribution in [0.1, 0.15) is 36.0 Å². The molecule has 1 aromatic carbocycles. The number of carbonyl (C=O) groups is 1. The van der Waals surface area contributed by atoms with Gasteiger partial charge in [-0.1, -0.05) is 12.8 Å². The Bertz CT molecular complexity index is 634. The van der Waals surface area contributed by atoms with E-state index >= 15 is 0 Å². The molecule has 1 N–H and O–H groups in total. The summed E-state index contributed by atoms with van der Waals surface area (Å²) in [6, 6.07) is 11.6. The lowest BCUT2D eigenvalue weighted by Crippen LogP contribution is -2.38. The van der Waals surface area contributed by atoms with Crippen LogP contribution in [0.15, 0.2) is 48.8 Å². The smallest absolute Gasteiger partial charge is 0.253 e. The summed E-state index contributed by atoms with van der Waals surface area (Å²) in [5.74, 6) is 0.221. The van der Waals surface area contributed by atoms with Crippen LogP contribution in [0.4, 0.5) is 0 Å². The van der Waals surface area contributed by atoms with Crippen molar-refractivity contribution >= 4 is 5.91 Å². The monoisotopic (exact) mass is 312 g/mol. The molecular weight excluding hydrogens is 288 g/mol. The Morgan fingerprint density at radius 2 is 1.83 bits per heavy atom. The maximum atomic E-state index is 12.6. The summed E-state index contributed by atoms with van der Waals surface area (Å²) in [6.45, 7) is 0.624. The molecule has 4 nitrogen and oxygen atoms in total. The quantitative estimate of drug-likeness (QED) is 0.943. The summed E-state index contributed by atoms with van der Waals surface area (Å²) in [5.41, 5.74) is 1.73. The van der Waals surface area contributed by atoms with Crippen molar-refractivity contribution in [2.45, 2.75) is 31.8 Å². The van der Waals surface area contributed by atoms with Crippen LogP contribution < -0.4 is 0 Å². The topological polar surface area (TPSA) is 45.5 Å². The van der Waals surface area contributed by atoms with E-state index in [-0.39, 0.29) is 17.9 Å². The Kier molecular flexibility index (Phi) is 4.82. The molecule has 2 atom stereocenters. The Labute approximate surface area is 137 Å². The summed E-state index contributed by atoms with van der Waals surface area (Å²) in [6.07, 6.45) is 7.80. The fraction of sp³-hybridized carbons (Fsp3) is 0.421.